The number of halogens is 1. The second kappa shape index (κ2) is 5.59. The Kier molecular flexibility index (Phi) is 4.05. The van der Waals surface area contributed by atoms with Gasteiger partial charge in [0.15, 0.2) is 5.16 Å². The first-order valence-corrected chi connectivity index (χ1v) is 6.60. The van der Waals surface area contributed by atoms with E-state index in [2.05, 4.69) is 10.1 Å². The first-order chi connectivity index (χ1) is 9.38. The van der Waals surface area contributed by atoms with E-state index in [4.69, 9.17) is 5.73 Å². The molecule has 0 unspecified atom stereocenters. The number of H-pyrrole nitrogens is 1. The van der Waals surface area contributed by atoms with Gasteiger partial charge in [0.25, 0.3) is 0 Å². The summed E-state index contributed by atoms with van der Waals surface area (Å²) in [5, 5.41) is 2.50. The standard InChI is InChI=1S/C12H13FN4O2S/c1-6(14)7-3-4-9(8(13)5-7)20-12-15-10(18)11(19)16-17(12)2/h3-6H,14H2,1-2H3,(H,16,19)/t6-/m1/s1. The summed E-state index contributed by atoms with van der Waals surface area (Å²) in [5.41, 5.74) is 4.63. The molecule has 0 radical (unpaired) electrons. The second-order valence-electron chi connectivity index (χ2n) is 4.28. The van der Waals surface area contributed by atoms with Gasteiger partial charge in [0.2, 0.25) is 0 Å². The van der Waals surface area contributed by atoms with Gasteiger partial charge in [0.05, 0.1) is 4.90 Å². The predicted octanol–water partition coefficient (Wildman–Crippen LogP) is 0.779. The average Bonchev–Trinajstić information content (AvgIpc) is 2.37. The van der Waals surface area contributed by atoms with Crippen molar-refractivity contribution in [3.8, 4) is 0 Å². The van der Waals surface area contributed by atoms with E-state index in [0.29, 0.717) is 10.5 Å². The molecule has 2 rings (SSSR count). The maximum absolute atomic E-state index is 13.9. The topological polar surface area (TPSA) is 93.8 Å². The Labute approximate surface area is 117 Å². The van der Waals surface area contributed by atoms with Gasteiger partial charge in [-0.3, -0.25) is 19.4 Å². The van der Waals surface area contributed by atoms with Crippen molar-refractivity contribution in [1.29, 1.82) is 0 Å². The van der Waals surface area contributed by atoms with Gasteiger partial charge in [-0.25, -0.2) is 4.39 Å². The summed E-state index contributed by atoms with van der Waals surface area (Å²) in [5.74, 6) is -0.453. The molecule has 106 valence electrons. The smallest absolute Gasteiger partial charge is 0.324 e. The van der Waals surface area contributed by atoms with E-state index in [1.54, 1.807) is 19.1 Å². The normalized spacial score (nSPS) is 12.4. The first kappa shape index (κ1) is 14.5. The molecule has 0 fully saturated rings. The fourth-order valence-electron chi connectivity index (χ4n) is 1.53. The first-order valence-electron chi connectivity index (χ1n) is 5.78. The summed E-state index contributed by atoms with van der Waals surface area (Å²) in [4.78, 5) is 26.2. The Morgan fingerprint density at radius 3 is 2.75 bits per heavy atom. The van der Waals surface area contributed by atoms with Gasteiger partial charge in [-0.05, 0) is 36.4 Å². The molecule has 1 atom stereocenters. The number of hydrogen-bond donors (Lipinski definition) is 2. The predicted molar refractivity (Wildman–Crippen MR) is 73.2 cm³/mol. The number of nitrogens with one attached hydrogen (secondary N) is 1. The highest BCUT2D eigenvalue weighted by Crippen LogP contribution is 2.28. The zero-order chi connectivity index (χ0) is 14.9. The molecular weight excluding hydrogens is 283 g/mol. The number of aromatic amines is 1. The minimum Gasteiger partial charge on any atom is -0.324 e. The van der Waals surface area contributed by atoms with Crippen molar-refractivity contribution in [2.45, 2.75) is 23.0 Å². The van der Waals surface area contributed by atoms with Gasteiger partial charge < -0.3 is 5.73 Å². The quantitative estimate of drug-likeness (QED) is 0.816. The molecular formula is C12H13FN4O2S. The van der Waals surface area contributed by atoms with Crippen molar-refractivity contribution >= 4 is 11.8 Å². The lowest BCUT2D eigenvalue weighted by Crippen LogP contribution is -2.33. The Morgan fingerprint density at radius 1 is 1.45 bits per heavy atom. The fourth-order valence-corrected chi connectivity index (χ4v) is 2.33. The monoisotopic (exact) mass is 296 g/mol. The molecule has 8 heteroatoms. The molecule has 0 saturated carbocycles. The van der Waals surface area contributed by atoms with Crippen LogP contribution >= 0.6 is 11.8 Å². The van der Waals surface area contributed by atoms with Gasteiger partial charge in [-0.1, -0.05) is 6.07 Å². The Morgan fingerprint density at radius 2 is 2.15 bits per heavy atom. The molecule has 0 bridgehead atoms. The molecule has 0 aliphatic rings. The third-order valence-electron chi connectivity index (χ3n) is 2.63. The van der Waals surface area contributed by atoms with Crippen LogP contribution in [-0.4, -0.2) is 14.8 Å². The van der Waals surface area contributed by atoms with Gasteiger partial charge in [-0.2, -0.15) is 4.98 Å². The van der Waals surface area contributed by atoms with Crippen molar-refractivity contribution in [2.24, 2.45) is 12.8 Å². The van der Waals surface area contributed by atoms with Gasteiger partial charge in [0, 0.05) is 13.1 Å². The molecule has 0 aliphatic heterocycles. The van der Waals surface area contributed by atoms with Crippen LogP contribution in [0.2, 0.25) is 0 Å². The van der Waals surface area contributed by atoms with Crippen LogP contribution in [0.1, 0.15) is 18.5 Å². The number of aryl methyl sites for hydroxylation is 1. The van der Waals surface area contributed by atoms with Gasteiger partial charge in [0.1, 0.15) is 5.82 Å². The van der Waals surface area contributed by atoms with Crippen molar-refractivity contribution in [1.82, 2.24) is 14.8 Å². The van der Waals surface area contributed by atoms with Crippen molar-refractivity contribution in [3.63, 3.8) is 0 Å². The molecule has 3 N–H and O–H groups in total. The Bertz CT molecular complexity index is 754. The maximum atomic E-state index is 13.9. The van der Waals surface area contributed by atoms with Crippen LogP contribution in [0.5, 0.6) is 0 Å². The second-order valence-corrected chi connectivity index (χ2v) is 5.29. The minimum atomic E-state index is -0.904. The Hall–Kier alpha value is -1.93. The SMILES string of the molecule is C[C@@H](N)c1ccc(Sc2nc(=O)c(=O)[nH]n2C)c(F)c1. The van der Waals surface area contributed by atoms with Crippen LogP contribution in [0, 0.1) is 5.82 Å². The van der Waals surface area contributed by atoms with E-state index in [-0.39, 0.29) is 11.2 Å². The lowest BCUT2D eigenvalue weighted by Gasteiger charge is -2.09. The van der Waals surface area contributed by atoms with Crippen molar-refractivity contribution in [2.75, 3.05) is 0 Å². The molecule has 0 saturated heterocycles. The largest absolute Gasteiger partial charge is 0.339 e. The third-order valence-corrected chi connectivity index (χ3v) is 3.73. The summed E-state index contributed by atoms with van der Waals surface area (Å²) in [6, 6.07) is 4.35. The van der Waals surface area contributed by atoms with Gasteiger partial charge in [-0.15, -0.1) is 0 Å². The van der Waals surface area contributed by atoms with Crippen LogP contribution in [0.4, 0.5) is 4.39 Å². The van der Waals surface area contributed by atoms with E-state index in [9.17, 15) is 14.0 Å². The highest BCUT2D eigenvalue weighted by Gasteiger charge is 2.11. The summed E-state index contributed by atoms with van der Waals surface area (Å²) in [6.07, 6.45) is 0. The number of nitrogens with two attached hydrogens (primary N) is 1. The summed E-state index contributed by atoms with van der Waals surface area (Å²) < 4.78 is 15.2. The van der Waals surface area contributed by atoms with E-state index in [1.807, 2.05) is 0 Å². The fraction of sp³-hybridized carbons (Fsp3) is 0.250. The molecule has 6 nitrogen and oxygen atoms in total. The number of nitrogens with zero attached hydrogens (tertiary/aromatic N) is 2. The number of rotatable bonds is 3. The highest BCUT2D eigenvalue weighted by molar-refractivity contribution is 7.99. The molecule has 0 aliphatic carbocycles. The van der Waals surface area contributed by atoms with Crippen LogP contribution in [0.25, 0.3) is 0 Å². The van der Waals surface area contributed by atoms with Crippen LogP contribution in [-0.2, 0) is 7.05 Å². The zero-order valence-corrected chi connectivity index (χ0v) is 11.7. The van der Waals surface area contributed by atoms with E-state index >= 15 is 0 Å². The Balaban J connectivity index is 2.38. The summed E-state index contributed by atoms with van der Waals surface area (Å²) in [6.45, 7) is 1.76. The van der Waals surface area contributed by atoms with Crippen LogP contribution in [0.15, 0.2) is 37.8 Å². The van der Waals surface area contributed by atoms with Crippen molar-refractivity contribution in [3.05, 3.63) is 50.3 Å². The molecule has 1 heterocycles. The van der Waals surface area contributed by atoms with Crippen LogP contribution < -0.4 is 16.9 Å². The number of hydrogen-bond acceptors (Lipinski definition) is 5. The molecule has 1 aromatic carbocycles. The summed E-state index contributed by atoms with van der Waals surface area (Å²) in [7, 11) is 1.52. The number of benzene rings is 1. The highest BCUT2D eigenvalue weighted by atomic mass is 32.2. The summed E-state index contributed by atoms with van der Waals surface area (Å²) >= 11 is 0.950. The zero-order valence-electron chi connectivity index (χ0n) is 10.9. The van der Waals surface area contributed by atoms with E-state index in [0.717, 1.165) is 11.8 Å². The lowest BCUT2D eigenvalue weighted by atomic mass is 10.1. The third kappa shape index (κ3) is 2.97. The average molecular weight is 296 g/mol. The molecule has 0 amide bonds. The van der Waals surface area contributed by atoms with Crippen LogP contribution in [0.3, 0.4) is 0 Å². The van der Waals surface area contributed by atoms with E-state index < -0.39 is 16.9 Å². The van der Waals surface area contributed by atoms with Crippen molar-refractivity contribution < 1.29 is 4.39 Å². The van der Waals surface area contributed by atoms with E-state index in [1.165, 1.54) is 17.8 Å². The minimum absolute atomic E-state index is 0.196. The molecule has 1 aromatic heterocycles. The molecule has 0 spiro atoms. The number of aromatic nitrogens is 3. The lowest BCUT2D eigenvalue weighted by molar-refractivity contribution is 0.585. The van der Waals surface area contributed by atoms with Gasteiger partial charge >= 0.3 is 11.1 Å². The molecule has 20 heavy (non-hydrogen) atoms. The maximum Gasteiger partial charge on any atom is 0.339 e. The molecule has 2 aromatic rings.